The number of aliphatic hydroxyl groups is 1. The molecule has 0 bridgehead atoms. The number of para-hydroxylation sites is 1. The molecule has 0 amide bonds. The lowest BCUT2D eigenvalue weighted by atomic mass is 10.1. The van der Waals surface area contributed by atoms with Crippen LogP contribution in [-0.4, -0.2) is 22.5 Å². The second-order valence-corrected chi connectivity index (χ2v) is 3.60. The maximum absolute atomic E-state index is 11.2. The van der Waals surface area contributed by atoms with Crippen molar-refractivity contribution in [2.24, 2.45) is 0 Å². The zero-order valence-electron chi connectivity index (χ0n) is 8.51. The molecule has 84 valence electrons. The molecule has 0 spiro atoms. The molecule has 1 rings (SSSR count). The van der Waals surface area contributed by atoms with Crippen molar-refractivity contribution in [1.29, 1.82) is 0 Å². The molecule has 1 unspecified atom stereocenters. The highest BCUT2D eigenvalue weighted by Gasteiger charge is 2.06. The number of benzene rings is 1. The fraction of sp³-hybridized carbons (Fsp3) is 0.400. The lowest BCUT2D eigenvalue weighted by Gasteiger charge is -2.07. The molecule has 0 fully saturated rings. The van der Waals surface area contributed by atoms with Crippen LogP contribution < -0.4 is 4.18 Å². The van der Waals surface area contributed by atoms with E-state index in [1.807, 2.05) is 19.1 Å². The van der Waals surface area contributed by atoms with Crippen LogP contribution in [0.3, 0.4) is 0 Å². The quantitative estimate of drug-likeness (QED) is 0.798. The van der Waals surface area contributed by atoms with Crippen LogP contribution >= 0.6 is 0 Å². The summed E-state index contributed by atoms with van der Waals surface area (Å²) in [6, 6.07) is 7.33. The zero-order chi connectivity index (χ0) is 11.1. The highest BCUT2D eigenvalue weighted by Crippen LogP contribution is 2.19. The van der Waals surface area contributed by atoms with Gasteiger partial charge in [0, 0.05) is 0 Å². The van der Waals surface area contributed by atoms with E-state index in [0.29, 0.717) is 5.75 Å². The summed E-state index contributed by atoms with van der Waals surface area (Å²) in [5, 5.41) is 8.47. The lowest BCUT2D eigenvalue weighted by molar-refractivity contribution is 0.203. The first kappa shape index (κ1) is 12.2. The third-order valence-corrected chi connectivity index (χ3v) is 2.46. The van der Waals surface area contributed by atoms with Crippen LogP contribution in [0.4, 0.5) is 0 Å². The summed E-state index contributed by atoms with van der Waals surface area (Å²) in [6.45, 7) is 1.81. The lowest BCUT2D eigenvalue weighted by Crippen LogP contribution is -2.09. The van der Waals surface area contributed by atoms with Gasteiger partial charge in [-0.1, -0.05) is 25.1 Å². The minimum absolute atomic E-state index is 0.000896. The largest absolute Gasteiger partial charge is 0.394 e. The zero-order valence-corrected chi connectivity index (χ0v) is 9.33. The van der Waals surface area contributed by atoms with Gasteiger partial charge in [0.05, 0.1) is 13.2 Å². The van der Waals surface area contributed by atoms with Crippen LogP contribution in [0, 0.1) is 0 Å². The van der Waals surface area contributed by atoms with Gasteiger partial charge < -0.3 is 9.29 Å². The minimum Gasteiger partial charge on any atom is -0.394 e. The number of hydrogen-bond donors (Lipinski definition) is 1. The van der Waals surface area contributed by atoms with E-state index in [1.165, 1.54) is 0 Å². The third kappa shape index (κ3) is 3.99. The molecule has 0 aromatic heterocycles. The molecule has 4 nitrogen and oxygen atoms in total. The standard InChI is InChI=1S/C10H14O4S/c1-2-9-5-3-4-6-10(9)14-15(12)13-8-7-11/h3-6,11H,2,7-8H2,1H3. The molecule has 0 radical (unpaired) electrons. The Kier molecular flexibility index (Phi) is 5.31. The van der Waals surface area contributed by atoms with E-state index in [0.717, 1.165) is 12.0 Å². The van der Waals surface area contributed by atoms with E-state index < -0.39 is 11.4 Å². The molecule has 5 heteroatoms. The van der Waals surface area contributed by atoms with Gasteiger partial charge in [0.15, 0.2) is 0 Å². The van der Waals surface area contributed by atoms with Gasteiger partial charge in [-0.3, -0.25) is 4.18 Å². The number of hydrogen-bond acceptors (Lipinski definition) is 4. The summed E-state index contributed by atoms with van der Waals surface area (Å²) >= 11 is -1.84. The van der Waals surface area contributed by atoms with Gasteiger partial charge in [0.1, 0.15) is 5.75 Å². The summed E-state index contributed by atoms with van der Waals surface area (Å²) < 4.78 is 21.0. The summed E-state index contributed by atoms with van der Waals surface area (Å²) in [4.78, 5) is 0. The van der Waals surface area contributed by atoms with Crippen LogP contribution in [0.2, 0.25) is 0 Å². The maximum atomic E-state index is 11.2. The molecule has 0 heterocycles. The Labute approximate surface area is 91.7 Å². The van der Waals surface area contributed by atoms with Crippen LogP contribution in [0.25, 0.3) is 0 Å². The minimum atomic E-state index is -1.84. The Morgan fingerprint density at radius 1 is 1.40 bits per heavy atom. The molecule has 0 saturated carbocycles. The first-order valence-corrected chi connectivity index (χ1v) is 5.70. The molecule has 1 aromatic carbocycles. The van der Waals surface area contributed by atoms with Gasteiger partial charge >= 0.3 is 11.4 Å². The normalized spacial score (nSPS) is 12.4. The molecule has 1 N–H and O–H groups in total. The Morgan fingerprint density at radius 3 is 2.80 bits per heavy atom. The van der Waals surface area contributed by atoms with E-state index >= 15 is 0 Å². The van der Waals surface area contributed by atoms with Gasteiger partial charge in [0.25, 0.3) is 0 Å². The molecule has 0 aliphatic rings. The highest BCUT2D eigenvalue weighted by molar-refractivity contribution is 7.75. The first-order chi connectivity index (χ1) is 7.27. The van der Waals surface area contributed by atoms with Gasteiger partial charge in [-0.05, 0) is 18.1 Å². The molecule has 1 atom stereocenters. The Morgan fingerprint density at radius 2 is 2.13 bits per heavy atom. The van der Waals surface area contributed by atoms with E-state index in [4.69, 9.17) is 13.5 Å². The smallest absolute Gasteiger partial charge is 0.360 e. The van der Waals surface area contributed by atoms with Gasteiger partial charge in [-0.15, -0.1) is 0 Å². The van der Waals surface area contributed by atoms with E-state index in [-0.39, 0.29) is 13.2 Å². The van der Waals surface area contributed by atoms with Gasteiger partial charge in [-0.2, -0.15) is 4.21 Å². The van der Waals surface area contributed by atoms with E-state index in [9.17, 15) is 4.21 Å². The molecule has 0 aliphatic heterocycles. The second kappa shape index (κ2) is 6.55. The number of rotatable bonds is 6. The van der Waals surface area contributed by atoms with Crippen molar-refractivity contribution < 1.29 is 17.7 Å². The van der Waals surface area contributed by atoms with E-state index in [2.05, 4.69) is 0 Å². The van der Waals surface area contributed by atoms with Gasteiger partial charge in [-0.25, -0.2) is 0 Å². The average Bonchev–Trinajstić information content (AvgIpc) is 2.27. The molecule has 0 aliphatic carbocycles. The van der Waals surface area contributed by atoms with Crippen molar-refractivity contribution in [3.63, 3.8) is 0 Å². The monoisotopic (exact) mass is 230 g/mol. The summed E-state index contributed by atoms with van der Waals surface area (Å²) in [6.07, 6.45) is 0.799. The second-order valence-electron chi connectivity index (χ2n) is 2.79. The SMILES string of the molecule is CCc1ccccc1OS(=O)OCCO. The van der Waals surface area contributed by atoms with Crippen molar-refractivity contribution in [1.82, 2.24) is 0 Å². The van der Waals surface area contributed by atoms with Crippen LogP contribution in [0.1, 0.15) is 12.5 Å². The predicted molar refractivity (Wildman–Crippen MR) is 57.6 cm³/mol. The topological polar surface area (TPSA) is 55.8 Å². The average molecular weight is 230 g/mol. The van der Waals surface area contributed by atoms with Crippen LogP contribution in [0.5, 0.6) is 5.75 Å². The third-order valence-electron chi connectivity index (χ3n) is 1.78. The molecule has 1 aromatic rings. The van der Waals surface area contributed by atoms with Crippen molar-refractivity contribution >= 4 is 11.4 Å². The number of aliphatic hydroxyl groups excluding tert-OH is 1. The summed E-state index contributed by atoms with van der Waals surface area (Å²) in [7, 11) is 0. The Balaban J connectivity index is 2.59. The predicted octanol–water partition coefficient (Wildman–Crippen LogP) is 1.22. The Bertz CT molecular complexity index is 327. The molecule has 0 saturated heterocycles. The Hall–Kier alpha value is -0.910. The van der Waals surface area contributed by atoms with Gasteiger partial charge in [0.2, 0.25) is 0 Å². The fourth-order valence-corrected chi connectivity index (χ4v) is 1.65. The maximum Gasteiger partial charge on any atom is 0.360 e. The number of aryl methyl sites for hydroxylation is 1. The molecule has 15 heavy (non-hydrogen) atoms. The van der Waals surface area contributed by atoms with Crippen LogP contribution in [0.15, 0.2) is 24.3 Å². The van der Waals surface area contributed by atoms with Crippen LogP contribution in [-0.2, 0) is 22.0 Å². The molecular weight excluding hydrogens is 216 g/mol. The summed E-state index contributed by atoms with van der Waals surface area (Å²) in [5.41, 5.74) is 0.971. The van der Waals surface area contributed by atoms with Crippen molar-refractivity contribution in [3.8, 4) is 5.75 Å². The summed E-state index contributed by atoms with van der Waals surface area (Å²) in [5.74, 6) is 0.552. The van der Waals surface area contributed by atoms with Crippen molar-refractivity contribution in [2.75, 3.05) is 13.2 Å². The fourth-order valence-electron chi connectivity index (χ4n) is 1.08. The van der Waals surface area contributed by atoms with E-state index in [1.54, 1.807) is 12.1 Å². The highest BCUT2D eigenvalue weighted by atomic mass is 32.2. The first-order valence-electron chi connectivity index (χ1n) is 4.70. The van der Waals surface area contributed by atoms with Crippen molar-refractivity contribution in [3.05, 3.63) is 29.8 Å². The van der Waals surface area contributed by atoms with Crippen molar-refractivity contribution in [2.45, 2.75) is 13.3 Å². The molecular formula is C10H14O4S.